The van der Waals surface area contributed by atoms with E-state index < -0.39 is 0 Å². The molecule has 9 nitrogen and oxygen atoms in total. The molecule has 4 heterocycles. The van der Waals surface area contributed by atoms with E-state index in [2.05, 4.69) is 61.6 Å². The van der Waals surface area contributed by atoms with Gasteiger partial charge in [-0.15, -0.1) is 0 Å². The van der Waals surface area contributed by atoms with Crippen LogP contribution < -0.4 is 10.2 Å². The molecule has 9 heteroatoms. The second-order valence-corrected chi connectivity index (χ2v) is 7.60. The zero-order valence-corrected chi connectivity index (χ0v) is 17.1. The number of anilines is 3. The molecule has 3 aromatic heterocycles. The molecule has 1 atom stereocenters. The Bertz CT molecular complexity index is 1170. The largest absolute Gasteiger partial charge is 0.375 e. The SMILES string of the molecule is CC1CN(c2cccc(Cn3ncc4cnc(Nc5cnn(C)c5)nc43)c2)CCO1. The van der Waals surface area contributed by atoms with Crippen LogP contribution in [0.3, 0.4) is 0 Å². The standard InChI is InChI=1S/C21H24N8O/c1-15-12-28(6-7-30-15)19-5-3-4-16(8-19)13-29-20-17(10-24-29)9-22-21(26-20)25-18-11-23-27(2)14-18/h3-5,8-11,14-15H,6-7,12-13H2,1-2H3,(H,22,25,26). The summed E-state index contributed by atoms with van der Waals surface area (Å²) >= 11 is 0. The summed E-state index contributed by atoms with van der Waals surface area (Å²) in [6.45, 7) is 5.34. The zero-order valence-electron chi connectivity index (χ0n) is 17.1. The smallest absolute Gasteiger partial charge is 0.229 e. The number of nitrogens with zero attached hydrogens (tertiary/aromatic N) is 7. The molecule has 0 radical (unpaired) electrons. The zero-order chi connectivity index (χ0) is 20.5. The van der Waals surface area contributed by atoms with E-state index in [0.29, 0.717) is 12.5 Å². The van der Waals surface area contributed by atoms with E-state index in [0.717, 1.165) is 36.4 Å². The van der Waals surface area contributed by atoms with Gasteiger partial charge < -0.3 is 15.0 Å². The van der Waals surface area contributed by atoms with Gasteiger partial charge in [-0.05, 0) is 24.6 Å². The molecule has 1 N–H and O–H groups in total. The average Bonchev–Trinajstić information content (AvgIpc) is 3.34. The highest BCUT2D eigenvalue weighted by Crippen LogP contribution is 2.21. The summed E-state index contributed by atoms with van der Waals surface area (Å²) in [5.41, 5.74) is 4.03. The van der Waals surface area contributed by atoms with E-state index >= 15 is 0 Å². The summed E-state index contributed by atoms with van der Waals surface area (Å²) < 4.78 is 9.31. The molecule has 5 rings (SSSR count). The lowest BCUT2D eigenvalue weighted by Crippen LogP contribution is -2.41. The highest BCUT2D eigenvalue weighted by Gasteiger charge is 2.17. The van der Waals surface area contributed by atoms with Crippen molar-refractivity contribution in [1.82, 2.24) is 29.5 Å². The molecule has 0 bridgehead atoms. The first-order valence-electron chi connectivity index (χ1n) is 10.0. The van der Waals surface area contributed by atoms with Crippen LogP contribution in [0.2, 0.25) is 0 Å². The third-order valence-electron chi connectivity index (χ3n) is 5.19. The molecule has 30 heavy (non-hydrogen) atoms. The highest BCUT2D eigenvalue weighted by atomic mass is 16.5. The molecule has 0 amide bonds. The van der Waals surface area contributed by atoms with E-state index in [9.17, 15) is 0 Å². The number of ether oxygens (including phenoxy) is 1. The van der Waals surface area contributed by atoms with E-state index in [1.165, 1.54) is 11.3 Å². The van der Waals surface area contributed by atoms with Crippen LogP contribution in [0.5, 0.6) is 0 Å². The van der Waals surface area contributed by atoms with Gasteiger partial charge in [-0.2, -0.15) is 15.2 Å². The fourth-order valence-corrected chi connectivity index (χ4v) is 3.73. The Morgan fingerprint density at radius 1 is 1.20 bits per heavy atom. The second kappa shape index (κ2) is 7.75. The van der Waals surface area contributed by atoms with Crippen molar-refractivity contribution in [2.75, 3.05) is 29.9 Å². The van der Waals surface area contributed by atoms with Gasteiger partial charge in [-0.1, -0.05) is 12.1 Å². The molecule has 1 aliphatic heterocycles. The Kier molecular flexibility index (Phi) is 4.80. The van der Waals surface area contributed by atoms with Crippen molar-refractivity contribution in [2.24, 2.45) is 7.05 Å². The third-order valence-corrected chi connectivity index (χ3v) is 5.19. The van der Waals surface area contributed by atoms with Crippen molar-refractivity contribution in [3.8, 4) is 0 Å². The molecular weight excluding hydrogens is 380 g/mol. The lowest BCUT2D eigenvalue weighted by atomic mass is 10.1. The number of hydrogen-bond donors (Lipinski definition) is 1. The summed E-state index contributed by atoms with van der Waals surface area (Å²) in [6, 6.07) is 8.60. The highest BCUT2D eigenvalue weighted by molar-refractivity contribution is 5.75. The van der Waals surface area contributed by atoms with Crippen molar-refractivity contribution in [3.63, 3.8) is 0 Å². The van der Waals surface area contributed by atoms with Gasteiger partial charge in [0.25, 0.3) is 0 Å². The van der Waals surface area contributed by atoms with Crippen LogP contribution in [-0.2, 0) is 18.3 Å². The quantitative estimate of drug-likeness (QED) is 0.547. The van der Waals surface area contributed by atoms with Crippen molar-refractivity contribution >= 4 is 28.4 Å². The van der Waals surface area contributed by atoms with Gasteiger partial charge >= 0.3 is 0 Å². The van der Waals surface area contributed by atoms with Crippen LogP contribution in [0.15, 0.2) is 49.1 Å². The number of rotatable bonds is 5. The van der Waals surface area contributed by atoms with Gasteiger partial charge in [0.1, 0.15) is 0 Å². The van der Waals surface area contributed by atoms with Crippen molar-refractivity contribution in [3.05, 3.63) is 54.6 Å². The summed E-state index contributed by atoms with van der Waals surface area (Å²) in [5, 5.41) is 12.8. The summed E-state index contributed by atoms with van der Waals surface area (Å²) in [5.74, 6) is 0.522. The van der Waals surface area contributed by atoms with Gasteiger partial charge in [0.05, 0.1) is 42.7 Å². The van der Waals surface area contributed by atoms with E-state index in [1.54, 1.807) is 23.3 Å². The number of aromatic nitrogens is 6. The Labute approximate surface area is 174 Å². The Balaban J connectivity index is 1.38. The molecule has 1 fully saturated rings. The molecule has 1 aromatic carbocycles. The van der Waals surface area contributed by atoms with Crippen LogP contribution in [-0.4, -0.2) is 55.3 Å². The maximum atomic E-state index is 5.67. The third kappa shape index (κ3) is 3.84. The second-order valence-electron chi connectivity index (χ2n) is 7.60. The predicted molar refractivity (Wildman–Crippen MR) is 115 cm³/mol. The lowest BCUT2D eigenvalue weighted by molar-refractivity contribution is 0.0532. The molecule has 1 aliphatic rings. The number of aryl methyl sites for hydroxylation is 1. The van der Waals surface area contributed by atoms with Gasteiger partial charge in [-0.25, -0.2) is 9.67 Å². The number of nitrogens with one attached hydrogen (secondary N) is 1. The minimum Gasteiger partial charge on any atom is -0.375 e. The molecule has 1 saturated heterocycles. The summed E-state index contributed by atoms with van der Waals surface area (Å²) in [4.78, 5) is 11.4. The van der Waals surface area contributed by atoms with Crippen molar-refractivity contribution < 1.29 is 4.74 Å². The molecule has 0 spiro atoms. The van der Waals surface area contributed by atoms with E-state index in [1.807, 2.05) is 17.9 Å². The van der Waals surface area contributed by atoms with E-state index in [4.69, 9.17) is 4.74 Å². The summed E-state index contributed by atoms with van der Waals surface area (Å²) in [7, 11) is 1.87. The molecule has 1 unspecified atom stereocenters. The first-order valence-corrected chi connectivity index (χ1v) is 10.0. The first kappa shape index (κ1) is 18.6. The summed E-state index contributed by atoms with van der Waals surface area (Å²) in [6.07, 6.45) is 7.46. The van der Waals surface area contributed by atoms with Crippen molar-refractivity contribution in [2.45, 2.75) is 19.6 Å². The maximum absolute atomic E-state index is 5.67. The number of hydrogen-bond acceptors (Lipinski definition) is 7. The number of fused-ring (bicyclic) bond motifs is 1. The topological polar surface area (TPSA) is 85.9 Å². The number of benzene rings is 1. The predicted octanol–water partition coefficient (Wildman–Crippen LogP) is 2.58. The number of morpholine rings is 1. The molecule has 0 aliphatic carbocycles. The van der Waals surface area contributed by atoms with Crippen molar-refractivity contribution in [1.29, 1.82) is 0 Å². The molecule has 4 aromatic rings. The molecule has 0 saturated carbocycles. The molecular formula is C21H24N8O. The lowest BCUT2D eigenvalue weighted by Gasteiger charge is -2.33. The van der Waals surface area contributed by atoms with Gasteiger partial charge in [0.2, 0.25) is 5.95 Å². The minimum atomic E-state index is 0.250. The van der Waals surface area contributed by atoms with E-state index in [-0.39, 0.29) is 6.10 Å². The Hall–Kier alpha value is -3.46. The van der Waals surface area contributed by atoms with Crippen LogP contribution >= 0.6 is 0 Å². The normalized spacial score (nSPS) is 16.9. The minimum absolute atomic E-state index is 0.250. The van der Waals surface area contributed by atoms with Gasteiger partial charge in [-0.3, -0.25) is 4.68 Å². The fourth-order valence-electron chi connectivity index (χ4n) is 3.73. The Morgan fingerprint density at radius 3 is 2.97 bits per heavy atom. The molecule has 154 valence electrons. The van der Waals surface area contributed by atoms with Gasteiger partial charge in [0.15, 0.2) is 5.65 Å². The van der Waals surface area contributed by atoms with Crippen LogP contribution in [0, 0.1) is 0 Å². The monoisotopic (exact) mass is 404 g/mol. The van der Waals surface area contributed by atoms with Crippen LogP contribution in [0.1, 0.15) is 12.5 Å². The van der Waals surface area contributed by atoms with Crippen LogP contribution in [0.4, 0.5) is 17.3 Å². The van der Waals surface area contributed by atoms with Crippen LogP contribution in [0.25, 0.3) is 11.0 Å². The maximum Gasteiger partial charge on any atom is 0.229 e. The fraction of sp³-hybridized carbons (Fsp3) is 0.333. The van der Waals surface area contributed by atoms with Gasteiger partial charge in [0, 0.05) is 38.2 Å². The first-order chi connectivity index (χ1) is 14.6. The Morgan fingerprint density at radius 2 is 2.13 bits per heavy atom. The average molecular weight is 404 g/mol.